The van der Waals surface area contributed by atoms with Crippen molar-refractivity contribution < 1.29 is 34.1 Å². The van der Waals surface area contributed by atoms with Gasteiger partial charge in [-0.2, -0.15) is 11.8 Å². The van der Waals surface area contributed by atoms with E-state index in [-0.39, 0.29) is 13.0 Å². The zero-order chi connectivity index (χ0) is 20.2. The minimum absolute atomic E-state index is 0.0560. The normalized spacial score (nSPS) is 12.5. The second kappa shape index (κ2) is 11.8. The molecule has 2 amide bonds. The number of carboxylic acids is 2. The molecule has 9 nitrogen and oxygen atoms in total. The molecule has 0 fully saturated rings. The Morgan fingerprint density at radius 3 is 2.30 bits per heavy atom. The smallest absolute Gasteiger partial charge is 0.408 e. The third kappa shape index (κ3) is 8.95. The number of alkyl carbamates (subject to hydrolysis) is 1. The van der Waals surface area contributed by atoms with Gasteiger partial charge in [-0.05, 0) is 24.0 Å². The van der Waals surface area contributed by atoms with Gasteiger partial charge in [-0.1, -0.05) is 30.3 Å². The molecule has 0 radical (unpaired) electrons. The molecule has 0 bridgehead atoms. The Hall–Kier alpha value is -2.75. The molecule has 0 saturated carbocycles. The second-order valence-corrected chi connectivity index (χ2v) is 6.52. The van der Waals surface area contributed by atoms with Crippen molar-refractivity contribution in [3.05, 3.63) is 35.9 Å². The van der Waals surface area contributed by atoms with Crippen LogP contribution in [0, 0.1) is 0 Å². The molecule has 2 atom stereocenters. The molecule has 1 aromatic rings. The van der Waals surface area contributed by atoms with Gasteiger partial charge in [0.1, 0.15) is 18.7 Å². The molecule has 10 heteroatoms. The van der Waals surface area contributed by atoms with Gasteiger partial charge in [0, 0.05) is 0 Å². The number of hydrogen-bond donors (Lipinski definition) is 4. The summed E-state index contributed by atoms with van der Waals surface area (Å²) in [5, 5.41) is 22.5. The molecule has 1 aromatic carbocycles. The van der Waals surface area contributed by atoms with Crippen LogP contribution in [0.4, 0.5) is 4.79 Å². The third-order valence-corrected chi connectivity index (χ3v) is 4.07. The average Bonchev–Trinajstić information content (AvgIpc) is 2.63. The van der Waals surface area contributed by atoms with Gasteiger partial charge in [-0.15, -0.1) is 0 Å². The Balaban J connectivity index is 2.66. The molecule has 0 spiro atoms. The van der Waals surface area contributed by atoms with Crippen molar-refractivity contribution in [2.75, 3.05) is 12.0 Å². The lowest BCUT2D eigenvalue weighted by Gasteiger charge is -2.20. The first-order chi connectivity index (χ1) is 12.8. The minimum atomic E-state index is -1.46. The SMILES string of the molecule is CSCC[C@H](NC(=O)[C@H](CC(=O)O)NC(=O)OCc1ccccc1)C(=O)O. The molecule has 0 aromatic heterocycles. The van der Waals surface area contributed by atoms with Crippen molar-refractivity contribution in [2.45, 2.75) is 31.5 Å². The molecule has 0 aliphatic carbocycles. The first kappa shape index (κ1) is 22.3. The highest BCUT2D eigenvalue weighted by atomic mass is 32.2. The number of hydrogen-bond acceptors (Lipinski definition) is 6. The van der Waals surface area contributed by atoms with Crippen LogP contribution in [-0.2, 0) is 25.7 Å². The first-order valence-corrected chi connectivity index (χ1v) is 9.44. The molecule has 148 valence electrons. The van der Waals surface area contributed by atoms with E-state index in [2.05, 4.69) is 10.6 Å². The van der Waals surface area contributed by atoms with E-state index in [1.807, 2.05) is 0 Å². The number of amides is 2. The topological polar surface area (TPSA) is 142 Å². The summed E-state index contributed by atoms with van der Waals surface area (Å²) in [7, 11) is 0. The van der Waals surface area contributed by atoms with Gasteiger partial charge < -0.3 is 25.6 Å². The number of thioether (sulfide) groups is 1. The van der Waals surface area contributed by atoms with Crippen LogP contribution in [0.1, 0.15) is 18.4 Å². The van der Waals surface area contributed by atoms with E-state index in [1.165, 1.54) is 11.8 Å². The molecular formula is C17H22N2O7S. The van der Waals surface area contributed by atoms with Crippen LogP contribution in [0.5, 0.6) is 0 Å². The quantitative estimate of drug-likeness (QED) is 0.434. The number of nitrogens with one attached hydrogen (secondary N) is 2. The maximum atomic E-state index is 12.3. The van der Waals surface area contributed by atoms with E-state index in [4.69, 9.17) is 14.9 Å². The van der Waals surface area contributed by atoms with Gasteiger partial charge >= 0.3 is 18.0 Å². The van der Waals surface area contributed by atoms with Gasteiger partial charge in [-0.25, -0.2) is 9.59 Å². The summed E-state index contributed by atoms with van der Waals surface area (Å²) < 4.78 is 4.97. The van der Waals surface area contributed by atoms with Crippen LogP contribution in [0.25, 0.3) is 0 Å². The maximum absolute atomic E-state index is 12.3. The molecule has 0 aliphatic heterocycles. The predicted molar refractivity (Wildman–Crippen MR) is 98.4 cm³/mol. The number of benzene rings is 1. The third-order valence-electron chi connectivity index (χ3n) is 3.43. The molecule has 27 heavy (non-hydrogen) atoms. The molecule has 4 N–H and O–H groups in total. The van der Waals surface area contributed by atoms with Gasteiger partial charge in [-0.3, -0.25) is 9.59 Å². The highest BCUT2D eigenvalue weighted by molar-refractivity contribution is 7.98. The summed E-state index contributed by atoms with van der Waals surface area (Å²) >= 11 is 1.41. The number of ether oxygens (including phenoxy) is 1. The largest absolute Gasteiger partial charge is 0.481 e. The number of carboxylic acid groups (broad SMARTS) is 2. The molecule has 0 aliphatic rings. The standard InChI is InChI=1S/C17H22N2O7S/c1-27-8-7-12(16(23)24)18-15(22)13(9-14(20)21)19-17(25)26-10-11-5-3-2-4-6-11/h2-6,12-13H,7-10H2,1H3,(H,18,22)(H,19,25)(H,20,21)(H,23,24)/t12-,13-/m0/s1. The summed E-state index contributed by atoms with van der Waals surface area (Å²) in [5.74, 6) is -2.97. The molecule has 0 unspecified atom stereocenters. The van der Waals surface area contributed by atoms with Crippen molar-refractivity contribution in [1.82, 2.24) is 10.6 Å². The molecular weight excluding hydrogens is 376 g/mol. The summed E-state index contributed by atoms with van der Waals surface area (Å²) in [5.41, 5.74) is 0.717. The van der Waals surface area contributed by atoms with Crippen LogP contribution in [0.3, 0.4) is 0 Å². The highest BCUT2D eigenvalue weighted by Gasteiger charge is 2.28. The van der Waals surface area contributed by atoms with E-state index < -0.39 is 42.4 Å². The summed E-state index contributed by atoms with van der Waals surface area (Å²) in [4.78, 5) is 46.3. The number of carbonyl (C=O) groups excluding carboxylic acids is 2. The fourth-order valence-corrected chi connectivity index (χ4v) is 2.53. The highest BCUT2D eigenvalue weighted by Crippen LogP contribution is 2.04. The lowest BCUT2D eigenvalue weighted by molar-refractivity contribution is -0.143. The van der Waals surface area contributed by atoms with Gasteiger partial charge in [0.05, 0.1) is 6.42 Å². The predicted octanol–water partition coefficient (Wildman–Crippen LogP) is 1.08. The molecule has 0 heterocycles. The van der Waals surface area contributed by atoms with Gasteiger partial charge in [0.15, 0.2) is 0 Å². The zero-order valence-electron chi connectivity index (χ0n) is 14.7. The van der Waals surface area contributed by atoms with Crippen LogP contribution in [0.2, 0.25) is 0 Å². The van der Waals surface area contributed by atoms with E-state index in [0.29, 0.717) is 5.75 Å². The van der Waals surface area contributed by atoms with Gasteiger partial charge in [0.2, 0.25) is 5.91 Å². The Labute approximate surface area is 160 Å². The van der Waals surface area contributed by atoms with Crippen molar-refractivity contribution in [3.8, 4) is 0 Å². The second-order valence-electron chi connectivity index (χ2n) is 5.54. The summed E-state index contributed by atoms with van der Waals surface area (Å²) in [6.45, 7) is -0.0560. The Bertz CT molecular complexity index is 654. The molecule has 0 saturated heterocycles. The number of rotatable bonds is 11. The van der Waals surface area contributed by atoms with Crippen LogP contribution < -0.4 is 10.6 Å². The Kier molecular flexibility index (Phi) is 9.73. The van der Waals surface area contributed by atoms with E-state index >= 15 is 0 Å². The van der Waals surface area contributed by atoms with E-state index in [9.17, 15) is 19.2 Å². The maximum Gasteiger partial charge on any atom is 0.408 e. The van der Waals surface area contributed by atoms with Crippen molar-refractivity contribution in [1.29, 1.82) is 0 Å². The lowest BCUT2D eigenvalue weighted by atomic mass is 10.1. The van der Waals surface area contributed by atoms with Crippen molar-refractivity contribution in [3.63, 3.8) is 0 Å². The van der Waals surface area contributed by atoms with E-state index in [1.54, 1.807) is 36.6 Å². The monoisotopic (exact) mass is 398 g/mol. The van der Waals surface area contributed by atoms with Crippen LogP contribution in [0.15, 0.2) is 30.3 Å². The average molecular weight is 398 g/mol. The Morgan fingerprint density at radius 1 is 1.07 bits per heavy atom. The Morgan fingerprint density at radius 2 is 1.74 bits per heavy atom. The lowest BCUT2D eigenvalue weighted by Crippen LogP contribution is -2.52. The summed E-state index contributed by atoms with van der Waals surface area (Å²) in [6.07, 6.45) is 0.274. The number of aliphatic carboxylic acids is 2. The van der Waals surface area contributed by atoms with E-state index in [0.717, 1.165) is 5.56 Å². The fourth-order valence-electron chi connectivity index (χ4n) is 2.06. The fraction of sp³-hybridized carbons (Fsp3) is 0.412. The zero-order valence-corrected chi connectivity index (χ0v) is 15.5. The molecule has 1 rings (SSSR count). The summed E-state index contributed by atoms with van der Waals surface area (Å²) in [6, 6.07) is 6.16. The van der Waals surface area contributed by atoms with Crippen molar-refractivity contribution >= 4 is 35.7 Å². The van der Waals surface area contributed by atoms with Gasteiger partial charge in [0.25, 0.3) is 0 Å². The van der Waals surface area contributed by atoms with Crippen LogP contribution >= 0.6 is 11.8 Å². The first-order valence-electron chi connectivity index (χ1n) is 8.04. The van der Waals surface area contributed by atoms with Crippen LogP contribution in [-0.4, -0.2) is 58.2 Å². The van der Waals surface area contributed by atoms with Crippen molar-refractivity contribution in [2.24, 2.45) is 0 Å². The number of carbonyl (C=O) groups is 4. The minimum Gasteiger partial charge on any atom is -0.481 e.